The van der Waals surface area contributed by atoms with Gasteiger partial charge in [0.2, 0.25) is 0 Å². The van der Waals surface area contributed by atoms with Crippen LogP contribution in [0.4, 0.5) is 0 Å². The molecule has 1 N–H and O–H groups in total. The Morgan fingerprint density at radius 1 is 1.22 bits per heavy atom. The fraction of sp³-hybridized carbons (Fsp3) is 0.250. The number of carbonyl (C=O) groups is 3. The van der Waals surface area contributed by atoms with Gasteiger partial charge >= 0.3 is 0 Å². The molecule has 2 rings (SSSR count). The van der Waals surface area contributed by atoms with E-state index < -0.39 is 23.8 Å². The summed E-state index contributed by atoms with van der Waals surface area (Å²) in [5.74, 6) is -1.51. The van der Waals surface area contributed by atoms with Crippen molar-refractivity contribution in [3.05, 3.63) is 35.4 Å². The van der Waals surface area contributed by atoms with E-state index in [1.165, 1.54) is 14.0 Å². The standard InChI is InChI=1S/C12H12N2O4/c1-7(10(15)13-2)18-14-11(16)8-5-3-4-6-9(8)12(14)17/h3-7H,1-2H3,(H,13,15). The molecule has 1 atom stereocenters. The van der Waals surface area contributed by atoms with Crippen molar-refractivity contribution in [1.82, 2.24) is 10.4 Å². The van der Waals surface area contributed by atoms with Crippen LogP contribution in [0.2, 0.25) is 0 Å². The van der Waals surface area contributed by atoms with E-state index in [0.29, 0.717) is 5.06 Å². The third-order valence-electron chi connectivity index (χ3n) is 2.64. The van der Waals surface area contributed by atoms with Gasteiger partial charge in [0, 0.05) is 7.05 Å². The van der Waals surface area contributed by atoms with E-state index in [9.17, 15) is 14.4 Å². The lowest BCUT2D eigenvalue weighted by atomic mass is 10.1. The van der Waals surface area contributed by atoms with Crippen LogP contribution in [0.5, 0.6) is 0 Å². The topological polar surface area (TPSA) is 75.7 Å². The zero-order valence-electron chi connectivity index (χ0n) is 9.97. The smallest absolute Gasteiger partial charge is 0.285 e. The molecule has 1 aromatic carbocycles. The minimum absolute atomic E-state index is 0.284. The van der Waals surface area contributed by atoms with Crippen LogP contribution in [0.25, 0.3) is 0 Å². The predicted octanol–water partition coefficient (Wildman–Crippen LogP) is 0.349. The Labute approximate surface area is 103 Å². The average molecular weight is 248 g/mol. The van der Waals surface area contributed by atoms with Crippen LogP contribution in [-0.4, -0.2) is 35.9 Å². The molecule has 0 aromatic heterocycles. The molecule has 0 saturated heterocycles. The van der Waals surface area contributed by atoms with Gasteiger partial charge in [-0.2, -0.15) is 0 Å². The van der Waals surface area contributed by atoms with Crippen molar-refractivity contribution in [3.8, 4) is 0 Å². The van der Waals surface area contributed by atoms with Crippen molar-refractivity contribution in [1.29, 1.82) is 0 Å². The van der Waals surface area contributed by atoms with Gasteiger partial charge in [-0.05, 0) is 19.1 Å². The van der Waals surface area contributed by atoms with Crippen molar-refractivity contribution in [2.45, 2.75) is 13.0 Å². The van der Waals surface area contributed by atoms with Crippen molar-refractivity contribution < 1.29 is 19.2 Å². The second-order valence-corrected chi connectivity index (χ2v) is 3.81. The largest absolute Gasteiger partial charge is 0.357 e. The molecule has 94 valence electrons. The lowest BCUT2D eigenvalue weighted by Gasteiger charge is -2.17. The molecule has 0 aliphatic carbocycles. The number of hydrogen-bond acceptors (Lipinski definition) is 4. The summed E-state index contributed by atoms with van der Waals surface area (Å²) >= 11 is 0. The van der Waals surface area contributed by atoms with Gasteiger partial charge in [-0.3, -0.25) is 14.4 Å². The summed E-state index contributed by atoms with van der Waals surface area (Å²) in [7, 11) is 1.45. The van der Waals surface area contributed by atoms with Crippen LogP contribution in [0.15, 0.2) is 24.3 Å². The van der Waals surface area contributed by atoms with Gasteiger partial charge in [0.25, 0.3) is 17.7 Å². The zero-order valence-corrected chi connectivity index (χ0v) is 9.97. The van der Waals surface area contributed by atoms with Gasteiger partial charge in [0.15, 0.2) is 6.10 Å². The molecule has 3 amide bonds. The molecule has 6 heteroatoms. The fourth-order valence-electron chi connectivity index (χ4n) is 1.67. The number of carbonyl (C=O) groups excluding carboxylic acids is 3. The first-order valence-corrected chi connectivity index (χ1v) is 5.42. The maximum absolute atomic E-state index is 11.9. The van der Waals surface area contributed by atoms with Crippen molar-refractivity contribution in [2.24, 2.45) is 0 Å². The number of nitrogens with one attached hydrogen (secondary N) is 1. The van der Waals surface area contributed by atoms with Gasteiger partial charge in [-0.1, -0.05) is 12.1 Å². The third kappa shape index (κ3) is 1.86. The quantitative estimate of drug-likeness (QED) is 0.783. The van der Waals surface area contributed by atoms with Crippen LogP contribution in [0.3, 0.4) is 0 Å². The number of nitrogens with zero attached hydrogens (tertiary/aromatic N) is 1. The summed E-state index contributed by atoms with van der Waals surface area (Å²) in [5, 5.41) is 3.01. The Balaban J connectivity index is 2.21. The van der Waals surface area contributed by atoms with E-state index in [2.05, 4.69) is 5.32 Å². The minimum Gasteiger partial charge on any atom is -0.357 e. The number of imide groups is 1. The molecule has 1 aliphatic heterocycles. The second kappa shape index (κ2) is 4.58. The highest BCUT2D eigenvalue weighted by molar-refractivity contribution is 6.20. The van der Waals surface area contributed by atoms with Crippen LogP contribution >= 0.6 is 0 Å². The van der Waals surface area contributed by atoms with E-state index in [1.807, 2.05) is 0 Å². The monoisotopic (exact) mass is 248 g/mol. The first-order valence-electron chi connectivity index (χ1n) is 5.42. The van der Waals surface area contributed by atoms with E-state index in [-0.39, 0.29) is 11.1 Å². The number of fused-ring (bicyclic) bond motifs is 1. The SMILES string of the molecule is CNC(=O)C(C)ON1C(=O)c2ccccc2C1=O. The lowest BCUT2D eigenvalue weighted by Crippen LogP contribution is -2.40. The molecule has 0 saturated carbocycles. The summed E-state index contributed by atoms with van der Waals surface area (Å²) in [6.45, 7) is 1.46. The Kier molecular flexibility index (Phi) is 3.12. The Bertz CT molecular complexity index is 492. The molecule has 0 radical (unpaired) electrons. The maximum atomic E-state index is 11.9. The van der Waals surface area contributed by atoms with Crippen molar-refractivity contribution in [2.75, 3.05) is 7.05 Å². The summed E-state index contributed by atoms with van der Waals surface area (Å²) in [5.41, 5.74) is 0.568. The maximum Gasteiger partial charge on any atom is 0.285 e. The lowest BCUT2D eigenvalue weighted by molar-refractivity contribution is -0.156. The molecule has 0 spiro atoms. The number of hydrogen-bond donors (Lipinski definition) is 1. The summed E-state index contributed by atoms with van der Waals surface area (Å²) in [6.07, 6.45) is -0.919. The van der Waals surface area contributed by atoms with E-state index >= 15 is 0 Å². The number of rotatable bonds is 3. The number of likely N-dealkylation sites (N-methyl/N-ethyl adjacent to an activating group) is 1. The summed E-state index contributed by atoms with van der Waals surface area (Å²) in [6, 6.07) is 6.42. The zero-order chi connectivity index (χ0) is 13.3. The van der Waals surface area contributed by atoms with Gasteiger partial charge in [0.1, 0.15) is 0 Å². The fourth-order valence-corrected chi connectivity index (χ4v) is 1.67. The highest BCUT2D eigenvalue weighted by Gasteiger charge is 2.38. The van der Waals surface area contributed by atoms with Crippen LogP contribution < -0.4 is 5.32 Å². The summed E-state index contributed by atoms with van der Waals surface area (Å²) in [4.78, 5) is 40.2. The second-order valence-electron chi connectivity index (χ2n) is 3.81. The first-order chi connectivity index (χ1) is 8.56. The van der Waals surface area contributed by atoms with E-state index in [4.69, 9.17) is 4.84 Å². The van der Waals surface area contributed by atoms with E-state index in [1.54, 1.807) is 24.3 Å². The Morgan fingerprint density at radius 3 is 2.17 bits per heavy atom. The third-order valence-corrected chi connectivity index (χ3v) is 2.64. The van der Waals surface area contributed by atoms with Gasteiger partial charge in [-0.15, -0.1) is 5.06 Å². The molecule has 6 nitrogen and oxygen atoms in total. The summed E-state index contributed by atoms with van der Waals surface area (Å²) < 4.78 is 0. The molecule has 18 heavy (non-hydrogen) atoms. The Hall–Kier alpha value is -2.21. The molecule has 0 fully saturated rings. The predicted molar refractivity (Wildman–Crippen MR) is 61.6 cm³/mol. The highest BCUT2D eigenvalue weighted by Crippen LogP contribution is 2.23. The van der Waals surface area contributed by atoms with Gasteiger partial charge in [-0.25, -0.2) is 4.84 Å². The molecular weight excluding hydrogens is 236 g/mol. The molecule has 1 aliphatic rings. The van der Waals surface area contributed by atoms with Gasteiger partial charge < -0.3 is 5.32 Å². The normalized spacial score (nSPS) is 15.6. The van der Waals surface area contributed by atoms with E-state index in [0.717, 1.165) is 0 Å². The molecule has 1 aromatic rings. The van der Waals surface area contributed by atoms with Crippen molar-refractivity contribution >= 4 is 17.7 Å². The highest BCUT2D eigenvalue weighted by atomic mass is 16.7. The Morgan fingerprint density at radius 2 is 1.72 bits per heavy atom. The van der Waals surface area contributed by atoms with Crippen LogP contribution in [0.1, 0.15) is 27.6 Å². The van der Waals surface area contributed by atoms with Crippen molar-refractivity contribution in [3.63, 3.8) is 0 Å². The van der Waals surface area contributed by atoms with Crippen LogP contribution in [-0.2, 0) is 9.63 Å². The molecule has 1 unspecified atom stereocenters. The average Bonchev–Trinajstić information content (AvgIpc) is 2.63. The molecule has 1 heterocycles. The number of amides is 3. The molecule has 0 bridgehead atoms. The van der Waals surface area contributed by atoms with Gasteiger partial charge in [0.05, 0.1) is 11.1 Å². The first kappa shape index (κ1) is 12.3. The number of hydroxylamine groups is 2. The molecular formula is C12H12N2O4. The minimum atomic E-state index is -0.919. The van der Waals surface area contributed by atoms with Crippen LogP contribution in [0, 0.1) is 0 Å². The number of benzene rings is 1.